The normalized spacial score (nSPS) is 10.3. The molecule has 0 amide bonds. The first-order valence-corrected chi connectivity index (χ1v) is 7.84. The first-order chi connectivity index (χ1) is 11.4. The summed E-state index contributed by atoms with van der Waals surface area (Å²) in [4.78, 5) is 23.6. The zero-order valence-electron chi connectivity index (χ0n) is 14.5. The molecule has 0 aliphatic heterocycles. The second-order valence-electron chi connectivity index (χ2n) is 5.87. The molecule has 0 aliphatic carbocycles. The molecule has 2 aromatic rings. The topological polar surface area (TPSA) is 52.6 Å². The van der Waals surface area contributed by atoms with Gasteiger partial charge < -0.3 is 9.47 Å². The van der Waals surface area contributed by atoms with Crippen LogP contribution < -0.4 is 0 Å². The fourth-order valence-corrected chi connectivity index (χ4v) is 2.34. The van der Waals surface area contributed by atoms with Crippen LogP contribution in [0.1, 0.15) is 33.4 Å². The van der Waals surface area contributed by atoms with E-state index in [4.69, 9.17) is 9.47 Å². The molecule has 0 saturated carbocycles. The first kappa shape index (κ1) is 17.7. The maximum Gasteiger partial charge on any atom is 0.417 e. The number of hydrogen-bond donors (Lipinski definition) is 0. The van der Waals surface area contributed by atoms with Gasteiger partial charge in [0.1, 0.15) is 13.2 Å². The molecule has 0 atom stereocenters. The number of ether oxygens (including phenoxy) is 2. The molecular formula is C20H22O4. The highest BCUT2D eigenvalue weighted by atomic mass is 16.6. The summed E-state index contributed by atoms with van der Waals surface area (Å²) in [5, 5.41) is 0. The molecule has 24 heavy (non-hydrogen) atoms. The van der Waals surface area contributed by atoms with Crippen LogP contribution in [-0.2, 0) is 32.3 Å². The molecule has 0 aliphatic rings. The van der Waals surface area contributed by atoms with Gasteiger partial charge in [0.05, 0.1) is 0 Å². The van der Waals surface area contributed by atoms with Crippen molar-refractivity contribution in [2.75, 3.05) is 0 Å². The number of benzene rings is 2. The van der Waals surface area contributed by atoms with E-state index in [-0.39, 0.29) is 13.2 Å². The third kappa shape index (κ3) is 4.22. The number of rotatable bonds is 4. The Labute approximate surface area is 142 Å². The largest absolute Gasteiger partial charge is 0.452 e. The Morgan fingerprint density at radius 1 is 0.708 bits per heavy atom. The summed E-state index contributed by atoms with van der Waals surface area (Å²) in [5.41, 5.74) is 6.08. The Hall–Kier alpha value is -2.62. The standard InChI is InChI=1S/C20H22O4/c1-13-7-5-9-17(15(13)3)11-23-19(21)20(22)24-12-18-10-6-8-14(2)16(18)4/h5-10H,11-12H2,1-4H3. The minimum atomic E-state index is -0.971. The lowest BCUT2D eigenvalue weighted by Gasteiger charge is -2.10. The number of esters is 2. The average molecular weight is 326 g/mol. The predicted octanol–water partition coefficient (Wildman–Crippen LogP) is 3.71. The summed E-state index contributed by atoms with van der Waals surface area (Å²) >= 11 is 0. The third-order valence-electron chi connectivity index (χ3n) is 4.32. The second-order valence-corrected chi connectivity index (χ2v) is 5.87. The Morgan fingerprint density at radius 3 is 1.46 bits per heavy atom. The summed E-state index contributed by atoms with van der Waals surface area (Å²) in [6.07, 6.45) is 0. The number of carbonyl (C=O) groups excluding carboxylic acids is 2. The van der Waals surface area contributed by atoms with Crippen molar-refractivity contribution in [2.24, 2.45) is 0 Å². The third-order valence-corrected chi connectivity index (χ3v) is 4.32. The van der Waals surface area contributed by atoms with Crippen LogP contribution in [0.2, 0.25) is 0 Å². The Kier molecular flexibility index (Phi) is 5.74. The van der Waals surface area contributed by atoms with Gasteiger partial charge in [-0.05, 0) is 61.1 Å². The molecular weight excluding hydrogens is 304 g/mol. The SMILES string of the molecule is Cc1cccc(COC(=O)C(=O)OCc2cccc(C)c2C)c1C. The summed E-state index contributed by atoms with van der Waals surface area (Å²) < 4.78 is 10.1. The van der Waals surface area contributed by atoms with Crippen LogP contribution in [0.3, 0.4) is 0 Å². The van der Waals surface area contributed by atoms with Crippen LogP contribution in [0.15, 0.2) is 36.4 Å². The lowest BCUT2D eigenvalue weighted by atomic mass is 10.0. The van der Waals surface area contributed by atoms with Gasteiger partial charge in [0, 0.05) is 0 Å². The zero-order chi connectivity index (χ0) is 17.7. The van der Waals surface area contributed by atoms with Crippen LogP contribution in [0, 0.1) is 27.7 Å². The second kappa shape index (κ2) is 7.77. The predicted molar refractivity (Wildman–Crippen MR) is 91.4 cm³/mol. The molecule has 0 spiro atoms. The van der Waals surface area contributed by atoms with Gasteiger partial charge in [0.25, 0.3) is 0 Å². The average Bonchev–Trinajstić information content (AvgIpc) is 2.57. The van der Waals surface area contributed by atoms with Crippen LogP contribution in [0.5, 0.6) is 0 Å². The van der Waals surface area contributed by atoms with E-state index in [1.54, 1.807) is 0 Å². The maximum absolute atomic E-state index is 11.8. The fourth-order valence-electron chi connectivity index (χ4n) is 2.34. The van der Waals surface area contributed by atoms with Gasteiger partial charge in [-0.1, -0.05) is 36.4 Å². The van der Waals surface area contributed by atoms with Crippen LogP contribution >= 0.6 is 0 Å². The van der Waals surface area contributed by atoms with E-state index < -0.39 is 11.9 Å². The molecule has 0 aromatic heterocycles. The van der Waals surface area contributed by atoms with Gasteiger partial charge in [-0.2, -0.15) is 0 Å². The van der Waals surface area contributed by atoms with Gasteiger partial charge in [-0.25, -0.2) is 9.59 Å². The Bertz CT molecular complexity index is 697. The molecule has 0 fully saturated rings. The van der Waals surface area contributed by atoms with E-state index in [0.717, 1.165) is 33.4 Å². The smallest absolute Gasteiger partial charge is 0.417 e. The van der Waals surface area contributed by atoms with Crippen molar-refractivity contribution in [3.05, 3.63) is 69.8 Å². The molecule has 4 heteroatoms. The van der Waals surface area contributed by atoms with Gasteiger partial charge in [-0.3, -0.25) is 0 Å². The highest BCUT2D eigenvalue weighted by Gasteiger charge is 2.18. The van der Waals surface area contributed by atoms with Gasteiger partial charge in [0.15, 0.2) is 0 Å². The van der Waals surface area contributed by atoms with Gasteiger partial charge in [-0.15, -0.1) is 0 Å². The van der Waals surface area contributed by atoms with E-state index >= 15 is 0 Å². The molecule has 2 aromatic carbocycles. The van der Waals surface area contributed by atoms with E-state index in [9.17, 15) is 9.59 Å². The minimum Gasteiger partial charge on any atom is -0.452 e. The van der Waals surface area contributed by atoms with Crippen molar-refractivity contribution < 1.29 is 19.1 Å². The summed E-state index contributed by atoms with van der Waals surface area (Å²) in [5.74, 6) is -1.94. The van der Waals surface area contributed by atoms with Crippen molar-refractivity contribution in [3.8, 4) is 0 Å². The zero-order valence-corrected chi connectivity index (χ0v) is 14.5. The monoisotopic (exact) mass is 326 g/mol. The summed E-state index contributed by atoms with van der Waals surface area (Å²) in [7, 11) is 0. The highest BCUT2D eigenvalue weighted by molar-refractivity contribution is 6.29. The maximum atomic E-state index is 11.8. The Balaban J connectivity index is 1.89. The van der Waals surface area contributed by atoms with Crippen molar-refractivity contribution >= 4 is 11.9 Å². The molecule has 0 saturated heterocycles. The van der Waals surface area contributed by atoms with Crippen molar-refractivity contribution in [1.29, 1.82) is 0 Å². The van der Waals surface area contributed by atoms with E-state index in [1.165, 1.54) is 0 Å². The van der Waals surface area contributed by atoms with Crippen molar-refractivity contribution in [3.63, 3.8) is 0 Å². The number of aryl methyl sites for hydroxylation is 2. The molecule has 0 unspecified atom stereocenters. The number of hydrogen-bond acceptors (Lipinski definition) is 4. The molecule has 4 nitrogen and oxygen atoms in total. The van der Waals surface area contributed by atoms with Crippen LogP contribution in [0.4, 0.5) is 0 Å². The Morgan fingerprint density at radius 2 is 1.08 bits per heavy atom. The van der Waals surface area contributed by atoms with E-state index in [0.29, 0.717) is 0 Å². The molecule has 0 radical (unpaired) electrons. The lowest BCUT2D eigenvalue weighted by molar-refractivity contribution is -0.169. The summed E-state index contributed by atoms with van der Waals surface area (Å²) in [6.45, 7) is 8.00. The first-order valence-electron chi connectivity index (χ1n) is 7.84. The molecule has 0 heterocycles. The van der Waals surface area contributed by atoms with Crippen molar-refractivity contribution in [1.82, 2.24) is 0 Å². The fraction of sp³-hybridized carbons (Fsp3) is 0.300. The molecule has 2 rings (SSSR count). The van der Waals surface area contributed by atoms with E-state index in [2.05, 4.69) is 0 Å². The van der Waals surface area contributed by atoms with Gasteiger partial charge >= 0.3 is 11.9 Å². The minimum absolute atomic E-state index is 0.0604. The number of carbonyl (C=O) groups is 2. The van der Waals surface area contributed by atoms with Crippen molar-refractivity contribution in [2.45, 2.75) is 40.9 Å². The van der Waals surface area contributed by atoms with Crippen LogP contribution in [0.25, 0.3) is 0 Å². The van der Waals surface area contributed by atoms with Crippen LogP contribution in [-0.4, -0.2) is 11.9 Å². The van der Waals surface area contributed by atoms with Gasteiger partial charge in [0.2, 0.25) is 0 Å². The molecule has 0 bridgehead atoms. The highest BCUT2D eigenvalue weighted by Crippen LogP contribution is 2.15. The molecule has 126 valence electrons. The quantitative estimate of drug-likeness (QED) is 0.635. The lowest BCUT2D eigenvalue weighted by Crippen LogP contribution is -2.20. The summed E-state index contributed by atoms with van der Waals surface area (Å²) in [6, 6.07) is 11.5. The van der Waals surface area contributed by atoms with E-state index in [1.807, 2.05) is 64.1 Å². The molecule has 0 N–H and O–H groups in total.